The van der Waals surface area contributed by atoms with Gasteiger partial charge in [0.2, 0.25) is 5.91 Å². The second kappa shape index (κ2) is 12.4. The van der Waals surface area contributed by atoms with Gasteiger partial charge >= 0.3 is 6.03 Å². The van der Waals surface area contributed by atoms with Crippen LogP contribution in [0.5, 0.6) is 0 Å². The molecule has 0 fully saturated rings. The summed E-state index contributed by atoms with van der Waals surface area (Å²) in [6.07, 6.45) is 0. The number of carbonyl (C=O) groups excluding carboxylic acids is 2. The first-order valence-corrected chi connectivity index (χ1v) is 12.8. The third-order valence-electron chi connectivity index (χ3n) is 5.34. The summed E-state index contributed by atoms with van der Waals surface area (Å²) < 4.78 is 13.4. The van der Waals surface area contributed by atoms with Gasteiger partial charge < -0.3 is 15.1 Å². The van der Waals surface area contributed by atoms with Gasteiger partial charge in [-0.2, -0.15) is 0 Å². The summed E-state index contributed by atoms with van der Waals surface area (Å²) in [6, 6.07) is 12.6. The molecule has 0 aliphatic carbocycles. The molecule has 0 unspecified atom stereocenters. The monoisotopic (exact) mass is 535 g/mol. The number of amides is 3. The van der Waals surface area contributed by atoms with Gasteiger partial charge in [0, 0.05) is 18.0 Å². The van der Waals surface area contributed by atoms with Crippen LogP contribution in [-0.4, -0.2) is 34.8 Å². The molecule has 0 saturated carbocycles. The first-order chi connectivity index (χ1) is 16.6. The second-order valence-corrected chi connectivity index (χ2v) is 10.5. The quantitative estimate of drug-likeness (QED) is 0.314. The number of benzene rings is 2. The van der Waals surface area contributed by atoms with Gasteiger partial charge in [0.25, 0.3) is 0 Å². The number of thiophene rings is 1. The van der Waals surface area contributed by atoms with Crippen LogP contribution in [0.4, 0.5) is 14.9 Å². The second-order valence-electron chi connectivity index (χ2n) is 8.70. The first kappa shape index (κ1) is 27.0. The largest absolute Gasteiger partial charge is 0.332 e. The Bertz CT molecular complexity index is 1150. The van der Waals surface area contributed by atoms with Crippen LogP contribution < -0.4 is 5.32 Å². The lowest BCUT2D eigenvalue weighted by molar-refractivity contribution is -0.133. The minimum absolute atomic E-state index is 0.125. The molecule has 0 aliphatic heterocycles. The highest BCUT2D eigenvalue weighted by Gasteiger charge is 2.24. The summed E-state index contributed by atoms with van der Waals surface area (Å²) in [5.41, 5.74) is 2.20. The Balaban J connectivity index is 1.81. The van der Waals surface area contributed by atoms with Gasteiger partial charge in [-0.05, 0) is 59.7 Å². The van der Waals surface area contributed by atoms with Crippen molar-refractivity contribution >= 4 is 52.2 Å². The van der Waals surface area contributed by atoms with Gasteiger partial charge in [-0.1, -0.05) is 55.2 Å². The van der Waals surface area contributed by atoms with E-state index in [9.17, 15) is 14.0 Å². The van der Waals surface area contributed by atoms with Gasteiger partial charge in [0.1, 0.15) is 12.4 Å². The Morgan fingerprint density at radius 3 is 2.23 bits per heavy atom. The van der Waals surface area contributed by atoms with Crippen molar-refractivity contribution in [3.63, 3.8) is 0 Å². The first-order valence-electron chi connectivity index (χ1n) is 11.2. The summed E-state index contributed by atoms with van der Waals surface area (Å²) in [7, 11) is 0. The lowest BCUT2D eigenvalue weighted by atomic mass is 10.2. The van der Waals surface area contributed by atoms with Crippen LogP contribution in [0.25, 0.3) is 0 Å². The van der Waals surface area contributed by atoms with Crippen LogP contribution >= 0.6 is 34.5 Å². The maximum atomic E-state index is 13.5. The van der Waals surface area contributed by atoms with Crippen molar-refractivity contribution < 1.29 is 14.0 Å². The number of hydrogen-bond donors (Lipinski definition) is 1. The average Bonchev–Trinajstić information content (AvgIpc) is 3.20. The topological polar surface area (TPSA) is 52.7 Å². The fourth-order valence-electron chi connectivity index (χ4n) is 3.51. The molecule has 9 heteroatoms. The van der Waals surface area contributed by atoms with Crippen LogP contribution in [0.15, 0.2) is 53.9 Å². The zero-order chi connectivity index (χ0) is 25.5. The van der Waals surface area contributed by atoms with Crippen LogP contribution in [0.3, 0.4) is 0 Å². The molecule has 3 rings (SSSR count). The number of carbonyl (C=O) groups is 2. The van der Waals surface area contributed by atoms with E-state index >= 15 is 0 Å². The van der Waals surface area contributed by atoms with Gasteiger partial charge in [0.15, 0.2) is 0 Å². The fourth-order valence-corrected chi connectivity index (χ4v) is 4.92. The molecule has 186 valence electrons. The summed E-state index contributed by atoms with van der Waals surface area (Å²) in [4.78, 5) is 30.9. The van der Waals surface area contributed by atoms with E-state index in [1.54, 1.807) is 46.6 Å². The summed E-state index contributed by atoms with van der Waals surface area (Å²) >= 11 is 14.0. The lowest BCUT2D eigenvalue weighted by Gasteiger charge is -2.29. The van der Waals surface area contributed by atoms with Crippen molar-refractivity contribution in [1.82, 2.24) is 9.80 Å². The van der Waals surface area contributed by atoms with E-state index in [4.69, 9.17) is 23.2 Å². The third-order valence-corrected chi connectivity index (χ3v) is 6.97. The average molecular weight is 537 g/mol. The smallest absolute Gasteiger partial charge is 0.322 e. The highest BCUT2D eigenvalue weighted by molar-refractivity contribution is 7.10. The van der Waals surface area contributed by atoms with Crippen molar-refractivity contribution in [2.75, 3.05) is 18.4 Å². The number of nitrogens with zero attached hydrogens (tertiary/aromatic N) is 2. The van der Waals surface area contributed by atoms with Gasteiger partial charge in [0.05, 0.1) is 22.3 Å². The predicted octanol–water partition coefficient (Wildman–Crippen LogP) is 7.22. The maximum absolute atomic E-state index is 13.5. The Morgan fingerprint density at radius 2 is 1.66 bits per heavy atom. The molecule has 0 spiro atoms. The molecule has 5 nitrogen and oxygen atoms in total. The van der Waals surface area contributed by atoms with E-state index in [2.05, 4.69) is 5.32 Å². The molecule has 0 atom stereocenters. The van der Waals surface area contributed by atoms with E-state index in [-0.39, 0.29) is 24.2 Å². The van der Waals surface area contributed by atoms with Crippen LogP contribution in [0.1, 0.15) is 29.9 Å². The van der Waals surface area contributed by atoms with Crippen LogP contribution in [0, 0.1) is 18.7 Å². The number of para-hydroxylation sites is 1. The zero-order valence-electron chi connectivity index (χ0n) is 19.9. The molecule has 1 N–H and O–H groups in total. The van der Waals surface area contributed by atoms with Crippen molar-refractivity contribution in [3.8, 4) is 0 Å². The molecule has 0 bridgehead atoms. The van der Waals surface area contributed by atoms with Gasteiger partial charge in [-0.3, -0.25) is 4.79 Å². The van der Waals surface area contributed by atoms with Crippen molar-refractivity contribution in [3.05, 3.63) is 85.8 Å². The Hall–Kier alpha value is -2.61. The molecule has 3 aromatic rings. The van der Waals surface area contributed by atoms with E-state index in [1.165, 1.54) is 17.0 Å². The minimum Gasteiger partial charge on any atom is -0.332 e. The van der Waals surface area contributed by atoms with Crippen LogP contribution in [-0.2, 0) is 17.9 Å². The Labute approximate surface area is 219 Å². The Morgan fingerprint density at radius 1 is 1.00 bits per heavy atom. The molecule has 3 amide bonds. The molecule has 0 aliphatic rings. The highest BCUT2D eigenvalue weighted by Crippen LogP contribution is 2.30. The van der Waals surface area contributed by atoms with Crippen molar-refractivity contribution in [1.29, 1.82) is 0 Å². The fraction of sp³-hybridized carbons (Fsp3) is 0.308. The number of halogens is 3. The highest BCUT2D eigenvalue weighted by atomic mass is 35.5. The van der Waals surface area contributed by atoms with E-state index < -0.39 is 6.03 Å². The minimum atomic E-state index is -0.462. The zero-order valence-corrected chi connectivity index (χ0v) is 22.2. The van der Waals surface area contributed by atoms with Crippen LogP contribution in [0.2, 0.25) is 10.0 Å². The molecule has 0 saturated heterocycles. The number of rotatable bonds is 9. The lowest BCUT2D eigenvalue weighted by Crippen LogP contribution is -2.45. The number of nitrogens with one attached hydrogen (secondary N) is 1. The number of anilines is 1. The molecule has 0 radical (unpaired) electrons. The number of aryl methyl sites for hydroxylation is 1. The standard InChI is InChI=1S/C26H28Cl2FN3O2S/c1-17(2)13-32(26(34)30-25-21(27)5-4-6-22(25)28)16-24(33)31(15-23-18(3)11-12-35-23)14-19-7-9-20(29)10-8-19/h4-12,17H,13-16H2,1-3H3,(H,30,34). The van der Waals surface area contributed by atoms with Crippen molar-refractivity contribution in [2.24, 2.45) is 5.92 Å². The van der Waals surface area contributed by atoms with Gasteiger partial charge in [-0.25, -0.2) is 9.18 Å². The molecule has 1 heterocycles. The number of urea groups is 1. The molecule has 35 heavy (non-hydrogen) atoms. The molecular formula is C26H28Cl2FN3O2S. The predicted molar refractivity (Wildman–Crippen MR) is 142 cm³/mol. The summed E-state index contributed by atoms with van der Waals surface area (Å²) in [5, 5.41) is 5.36. The molecule has 1 aromatic heterocycles. The SMILES string of the molecule is Cc1ccsc1CN(Cc1ccc(F)cc1)C(=O)CN(CC(C)C)C(=O)Nc1c(Cl)cccc1Cl. The summed E-state index contributed by atoms with van der Waals surface area (Å²) in [6.45, 7) is 6.87. The van der Waals surface area contributed by atoms with E-state index in [0.29, 0.717) is 35.4 Å². The third kappa shape index (κ3) is 7.69. The Kier molecular flexibility index (Phi) is 9.55. The van der Waals surface area contributed by atoms with E-state index in [1.807, 2.05) is 32.2 Å². The maximum Gasteiger partial charge on any atom is 0.322 e. The van der Waals surface area contributed by atoms with Crippen molar-refractivity contribution in [2.45, 2.75) is 33.9 Å². The normalized spacial score (nSPS) is 10.9. The number of hydrogen-bond acceptors (Lipinski definition) is 3. The van der Waals surface area contributed by atoms with Gasteiger partial charge in [-0.15, -0.1) is 11.3 Å². The molecule has 2 aromatic carbocycles. The van der Waals surface area contributed by atoms with E-state index in [0.717, 1.165) is 16.0 Å². The summed E-state index contributed by atoms with van der Waals surface area (Å²) in [5.74, 6) is -0.428. The molecular weight excluding hydrogens is 508 g/mol.